The van der Waals surface area contributed by atoms with Crippen molar-refractivity contribution in [2.75, 3.05) is 6.61 Å². The van der Waals surface area contributed by atoms with Crippen LogP contribution in [0.3, 0.4) is 0 Å². The molecule has 0 aromatic heterocycles. The average molecular weight is 206 g/mol. The van der Waals surface area contributed by atoms with Crippen LogP contribution in [0.25, 0.3) is 0 Å². The van der Waals surface area contributed by atoms with E-state index in [1.54, 1.807) is 0 Å². The molecule has 80 valence electrons. The van der Waals surface area contributed by atoms with E-state index in [-0.39, 0.29) is 17.9 Å². The van der Waals surface area contributed by atoms with E-state index in [1.165, 1.54) is 0 Å². The summed E-state index contributed by atoms with van der Waals surface area (Å²) in [5.74, 6) is -1.08. The Hall–Kier alpha value is -1.35. The Bertz CT molecular complexity index is 360. The Kier molecular flexibility index (Phi) is 2.49. The highest BCUT2D eigenvalue weighted by Gasteiger charge is 2.58. The molecule has 2 unspecified atom stereocenters. The Balaban J connectivity index is 2.27. The molecule has 2 rings (SSSR count). The Morgan fingerprint density at radius 1 is 1.40 bits per heavy atom. The summed E-state index contributed by atoms with van der Waals surface area (Å²) in [7, 11) is 0. The van der Waals surface area contributed by atoms with Gasteiger partial charge in [0.25, 0.3) is 0 Å². The van der Waals surface area contributed by atoms with Crippen LogP contribution in [0.1, 0.15) is 18.4 Å². The molecule has 0 amide bonds. The van der Waals surface area contributed by atoms with Crippen LogP contribution in [0.4, 0.5) is 0 Å². The number of benzene rings is 1. The lowest BCUT2D eigenvalue weighted by molar-refractivity contribution is -0.139. The Morgan fingerprint density at radius 3 is 2.53 bits per heavy atom. The van der Waals surface area contributed by atoms with Gasteiger partial charge in [-0.1, -0.05) is 30.3 Å². The first kappa shape index (κ1) is 10.2. The molecule has 0 bridgehead atoms. The van der Waals surface area contributed by atoms with E-state index in [1.807, 2.05) is 30.3 Å². The molecule has 0 spiro atoms. The summed E-state index contributed by atoms with van der Waals surface area (Å²) in [6.45, 7) is 0.0404. The van der Waals surface area contributed by atoms with Gasteiger partial charge in [-0.15, -0.1) is 0 Å². The third kappa shape index (κ3) is 1.63. The van der Waals surface area contributed by atoms with Gasteiger partial charge in [-0.3, -0.25) is 4.79 Å². The summed E-state index contributed by atoms with van der Waals surface area (Å²) in [6.07, 6.45) is 1.18. The van der Waals surface area contributed by atoms with Crippen molar-refractivity contribution >= 4 is 5.97 Å². The molecular formula is C12H14O3. The molecule has 0 aliphatic heterocycles. The molecule has 15 heavy (non-hydrogen) atoms. The van der Waals surface area contributed by atoms with Gasteiger partial charge in [0, 0.05) is 12.0 Å². The maximum absolute atomic E-state index is 10.9. The summed E-state index contributed by atoms with van der Waals surface area (Å²) < 4.78 is 0. The molecule has 1 fully saturated rings. The average Bonchev–Trinajstić information content (AvgIpc) is 2.96. The minimum Gasteiger partial charge on any atom is -0.481 e. The zero-order chi connectivity index (χ0) is 10.9. The monoisotopic (exact) mass is 206 g/mol. The number of rotatable bonds is 4. The van der Waals surface area contributed by atoms with E-state index in [9.17, 15) is 4.79 Å². The summed E-state index contributed by atoms with van der Waals surface area (Å²) in [5.41, 5.74) is 0.716. The van der Waals surface area contributed by atoms with E-state index in [4.69, 9.17) is 10.2 Å². The summed E-state index contributed by atoms with van der Waals surface area (Å²) >= 11 is 0. The first-order chi connectivity index (χ1) is 7.20. The van der Waals surface area contributed by atoms with Crippen molar-refractivity contribution < 1.29 is 15.0 Å². The van der Waals surface area contributed by atoms with Crippen LogP contribution in [0.5, 0.6) is 0 Å². The van der Waals surface area contributed by atoms with Crippen molar-refractivity contribution in [1.82, 2.24) is 0 Å². The van der Waals surface area contributed by atoms with Gasteiger partial charge in [0.1, 0.15) is 0 Å². The van der Waals surface area contributed by atoms with Crippen LogP contribution >= 0.6 is 0 Å². The SMILES string of the molecule is O=C(O)C1CC1(CCO)c1ccccc1. The Morgan fingerprint density at radius 2 is 2.07 bits per heavy atom. The molecule has 3 heteroatoms. The highest BCUT2D eigenvalue weighted by Crippen LogP contribution is 2.56. The van der Waals surface area contributed by atoms with Crippen LogP contribution in [-0.2, 0) is 10.2 Å². The third-order valence-corrected chi connectivity index (χ3v) is 3.28. The normalized spacial score (nSPS) is 28.7. The molecular weight excluding hydrogens is 192 g/mol. The standard InChI is InChI=1S/C12H14O3/c13-7-6-12(8-10(12)11(14)15)9-4-2-1-3-5-9/h1-5,10,13H,6-8H2,(H,14,15). The minimum atomic E-state index is -0.757. The van der Waals surface area contributed by atoms with Crippen LogP contribution in [-0.4, -0.2) is 22.8 Å². The molecule has 1 aromatic carbocycles. The summed E-state index contributed by atoms with van der Waals surface area (Å²) in [5, 5.41) is 18.0. The minimum absolute atomic E-state index is 0.0404. The number of carboxylic acids is 1. The predicted octanol–water partition coefficient (Wildman–Crippen LogP) is 1.41. The summed E-state index contributed by atoms with van der Waals surface area (Å²) in [4.78, 5) is 10.9. The van der Waals surface area contributed by atoms with Gasteiger partial charge in [0.2, 0.25) is 0 Å². The number of aliphatic carboxylic acids is 1. The zero-order valence-electron chi connectivity index (χ0n) is 8.39. The quantitative estimate of drug-likeness (QED) is 0.783. The number of carboxylic acid groups (broad SMARTS) is 1. The van der Waals surface area contributed by atoms with Crippen LogP contribution in [0.15, 0.2) is 30.3 Å². The van der Waals surface area contributed by atoms with Crippen molar-refractivity contribution in [3.05, 3.63) is 35.9 Å². The number of aliphatic hydroxyl groups excluding tert-OH is 1. The second kappa shape index (κ2) is 3.66. The number of hydrogen-bond donors (Lipinski definition) is 2. The van der Waals surface area contributed by atoms with Crippen molar-refractivity contribution in [2.45, 2.75) is 18.3 Å². The fraction of sp³-hybridized carbons (Fsp3) is 0.417. The maximum atomic E-state index is 10.9. The molecule has 2 atom stereocenters. The number of aliphatic hydroxyl groups is 1. The molecule has 0 saturated heterocycles. The highest BCUT2D eigenvalue weighted by molar-refractivity contribution is 5.77. The van der Waals surface area contributed by atoms with Crippen molar-refractivity contribution in [3.63, 3.8) is 0 Å². The van der Waals surface area contributed by atoms with Gasteiger partial charge in [0.05, 0.1) is 5.92 Å². The van der Waals surface area contributed by atoms with E-state index in [0.29, 0.717) is 12.8 Å². The van der Waals surface area contributed by atoms with E-state index >= 15 is 0 Å². The lowest BCUT2D eigenvalue weighted by Gasteiger charge is -2.15. The molecule has 0 radical (unpaired) electrons. The van der Waals surface area contributed by atoms with Gasteiger partial charge in [-0.2, -0.15) is 0 Å². The van der Waals surface area contributed by atoms with Crippen molar-refractivity contribution in [2.24, 2.45) is 5.92 Å². The van der Waals surface area contributed by atoms with Crippen LogP contribution in [0.2, 0.25) is 0 Å². The van der Waals surface area contributed by atoms with Gasteiger partial charge >= 0.3 is 5.97 Å². The van der Waals surface area contributed by atoms with E-state index in [2.05, 4.69) is 0 Å². The highest BCUT2D eigenvalue weighted by atomic mass is 16.4. The van der Waals surface area contributed by atoms with Gasteiger partial charge in [-0.05, 0) is 18.4 Å². The number of carbonyl (C=O) groups is 1. The first-order valence-electron chi connectivity index (χ1n) is 5.10. The molecule has 3 nitrogen and oxygen atoms in total. The van der Waals surface area contributed by atoms with Crippen molar-refractivity contribution in [1.29, 1.82) is 0 Å². The van der Waals surface area contributed by atoms with Gasteiger partial charge in [-0.25, -0.2) is 0 Å². The largest absolute Gasteiger partial charge is 0.481 e. The predicted molar refractivity (Wildman–Crippen MR) is 55.6 cm³/mol. The van der Waals surface area contributed by atoms with Crippen LogP contribution in [0, 0.1) is 5.92 Å². The molecule has 1 saturated carbocycles. The van der Waals surface area contributed by atoms with Crippen molar-refractivity contribution in [3.8, 4) is 0 Å². The topological polar surface area (TPSA) is 57.5 Å². The fourth-order valence-electron chi connectivity index (χ4n) is 2.34. The first-order valence-corrected chi connectivity index (χ1v) is 5.10. The van der Waals surface area contributed by atoms with Gasteiger partial charge < -0.3 is 10.2 Å². The molecule has 1 aromatic rings. The fourth-order valence-corrected chi connectivity index (χ4v) is 2.34. The molecule has 1 aliphatic carbocycles. The lowest BCUT2D eigenvalue weighted by Crippen LogP contribution is -2.16. The Labute approximate surface area is 88.4 Å². The molecule has 0 heterocycles. The third-order valence-electron chi connectivity index (χ3n) is 3.28. The molecule has 2 N–H and O–H groups in total. The van der Waals surface area contributed by atoms with Gasteiger partial charge in [0.15, 0.2) is 0 Å². The summed E-state index contributed by atoms with van der Waals surface area (Å²) in [6, 6.07) is 9.61. The maximum Gasteiger partial charge on any atom is 0.307 e. The van der Waals surface area contributed by atoms with E-state index < -0.39 is 5.97 Å². The van der Waals surface area contributed by atoms with Crippen LogP contribution < -0.4 is 0 Å². The second-order valence-electron chi connectivity index (χ2n) is 4.09. The molecule has 1 aliphatic rings. The number of hydrogen-bond acceptors (Lipinski definition) is 2. The smallest absolute Gasteiger partial charge is 0.307 e. The lowest BCUT2D eigenvalue weighted by atomic mass is 9.90. The zero-order valence-corrected chi connectivity index (χ0v) is 8.39. The van der Waals surface area contributed by atoms with E-state index in [0.717, 1.165) is 5.56 Å². The second-order valence-corrected chi connectivity index (χ2v) is 4.09.